The standard InChI is InChI=1S/C19H29N3O3/c1-3-25-19(24)22-13-10-17(11-14-22)20-12-9-18(23)21(2)15-16-7-5-4-6-8-16/h4-8,17,20H,3,9-15H2,1-2H3. The predicted molar refractivity (Wildman–Crippen MR) is 97.2 cm³/mol. The monoisotopic (exact) mass is 347 g/mol. The molecule has 1 aromatic rings. The van der Waals surface area contributed by atoms with E-state index in [0.717, 1.165) is 18.4 Å². The summed E-state index contributed by atoms with van der Waals surface area (Å²) in [5, 5.41) is 3.44. The van der Waals surface area contributed by atoms with Gasteiger partial charge in [-0.25, -0.2) is 4.79 Å². The van der Waals surface area contributed by atoms with E-state index in [1.54, 1.807) is 9.80 Å². The summed E-state index contributed by atoms with van der Waals surface area (Å²) in [6.07, 6.45) is 2.06. The van der Waals surface area contributed by atoms with Gasteiger partial charge in [0, 0.05) is 45.7 Å². The lowest BCUT2D eigenvalue weighted by Gasteiger charge is -2.31. The molecule has 138 valence electrons. The molecule has 0 aliphatic carbocycles. The van der Waals surface area contributed by atoms with Gasteiger partial charge in [0.2, 0.25) is 5.91 Å². The molecule has 6 nitrogen and oxygen atoms in total. The van der Waals surface area contributed by atoms with Gasteiger partial charge in [-0.05, 0) is 25.3 Å². The van der Waals surface area contributed by atoms with E-state index in [9.17, 15) is 9.59 Å². The molecule has 1 aliphatic rings. The molecule has 2 amide bonds. The fourth-order valence-electron chi connectivity index (χ4n) is 3.00. The zero-order chi connectivity index (χ0) is 18.1. The zero-order valence-electron chi connectivity index (χ0n) is 15.2. The van der Waals surface area contributed by atoms with Crippen LogP contribution in [0.3, 0.4) is 0 Å². The number of piperidine rings is 1. The van der Waals surface area contributed by atoms with E-state index in [0.29, 0.717) is 45.2 Å². The molecule has 0 bridgehead atoms. The summed E-state index contributed by atoms with van der Waals surface area (Å²) in [5.74, 6) is 0.139. The lowest BCUT2D eigenvalue weighted by Crippen LogP contribution is -2.45. The van der Waals surface area contributed by atoms with Gasteiger partial charge in [0.1, 0.15) is 0 Å². The Labute approximate surface area is 150 Å². The predicted octanol–water partition coefficient (Wildman–Crippen LogP) is 2.25. The van der Waals surface area contributed by atoms with Crippen LogP contribution in [0.15, 0.2) is 30.3 Å². The number of benzene rings is 1. The minimum Gasteiger partial charge on any atom is -0.450 e. The maximum atomic E-state index is 12.2. The molecule has 0 aromatic heterocycles. The van der Waals surface area contributed by atoms with Gasteiger partial charge in [-0.15, -0.1) is 0 Å². The largest absolute Gasteiger partial charge is 0.450 e. The third-order valence-electron chi connectivity index (χ3n) is 4.48. The summed E-state index contributed by atoms with van der Waals surface area (Å²) < 4.78 is 5.02. The van der Waals surface area contributed by atoms with Gasteiger partial charge in [-0.2, -0.15) is 0 Å². The van der Waals surface area contributed by atoms with E-state index in [1.807, 2.05) is 44.3 Å². The second kappa shape index (κ2) is 10.0. The fourth-order valence-corrected chi connectivity index (χ4v) is 3.00. The first-order chi connectivity index (χ1) is 12.1. The number of hydrogen-bond acceptors (Lipinski definition) is 4. The average molecular weight is 347 g/mol. The van der Waals surface area contributed by atoms with Crippen molar-refractivity contribution < 1.29 is 14.3 Å². The quantitative estimate of drug-likeness (QED) is 0.822. The van der Waals surface area contributed by atoms with Crippen LogP contribution < -0.4 is 5.32 Å². The van der Waals surface area contributed by atoms with Crippen molar-refractivity contribution in [3.8, 4) is 0 Å². The van der Waals surface area contributed by atoms with Crippen molar-refractivity contribution in [2.75, 3.05) is 33.3 Å². The SMILES string of the molecule is CCOC(=O)N1CCC(NCCC(=O)N(C)Cc2ccccc2)CC1. The first-order valence-corrected chi connectivity index (χ1v) is 9.03. The van der Waals surface area contributed by atoms with Crippen LogP contribution in [0, 0.1) is 0 Å². The van der Waals surface area contributed by atoms with E-state index in [1.165, 1.54) is 0 Å². The molecule has 0 atom stereocenters. The normalized spacial score (nSPS) is 15.0. The van der Waals surface area contributed by atoms with Crippen molar-refractivity contribution in [1.82, 2.24) is 15.1 Å². The molecule has 1 aliphatic heterocycles. The van der Waals surface area contributed by atoms with Crippen LogP contribution in [-0.2, 0) is 16.1 Å². The van der Waals surface area contributed by atoms with Gasteiger partial charge in [-0.3, -0.25) is 4.79 Å². The van der Waals surface area contributed by atoms with Crippen LogP contribution in [-0.4, -0.2) is 61.1 Å². The van der Waals surface area contributed by atoms with Crippen molar-refractivity contribution in [1.29, 1.82) is 0 Å². The summed E-state index contributed by atoms with van der Waals surface area (Å²) in [6, 6.07) is 10.4. The minimum absolute atomic E-state index is 0.139. The van der Waals surface area contributed by atoms with Crippen LogP contribution in [0.2, 0.25) is 0 Å². The fraction of sp³-hybridized carbons (Fsp3) is 0.579. The van der Waals surface area contributed by atoms with Crippen LogP contribution in [0.1, 0.15) is 31.7 Å². The van der Waals surface area contributed by atoms with E-state index in [2.05, 4.69) is 5.32 Å². The number of rotatable bonds is 7. The molecule has 6 heteroatoms. The van der Waals surface area contributed by atoms with Gasteiger partial charge >= 0.3 is 6.09 Å². The van der Waals surface area contributed by atoms with E-state index in [-0.39, 0.29) is 12.0 Å². The molecule has 1 heterocycles. The molecular formula is C19H29N3O3. The number of amides is 2. The summed E-state index contributed by atoms with van der Waals surface area (Å²) in [6.45, 7) is 4.95. The third-order valence-corrected chi connectivity index (χ3v) is 4.48. The second-order valence-electron chi connectivity index (χ2n) is 6.40. The topological polar surface area (TPSA) is 61.9 Å². The Bertz CT molecular complexity index is 542. The Balaban J connectivity index is 1.62. The van der Waals surface area contributed by atoms with Crippen molar-refractivity contribution in [2.45, 2.75) is 38.8 Å². The molecule has 0 saturated carbocycles. The Kier molecular flexibility index (Phi) is 7.73. The van der Waals surface area contributed by atoms with Crippen LogP contribution in [0.25, 0.3) is 0 Å². The molecule has 2 rings (SSSR count). The summed E-state index contributed by atoms with van der Waals surface area (Å²) >= 11 is 0. The van der Waals surface area contributed by atoms with Gasteiger partial charge in [0.15, 0.2) is 0 Å². The maximum Gasteiger partial charge on any atom is 0.409 e. The van der Waals surface area contributed by atoms with Crippen LogP contribution >= 0.6 is 0 Å². The van der Waals surface area contributed by atoms with Crippen molar-refractivity contribution >= 4 is 12.0 Å². The van der Waals surface area contributed by atoms with Crippen LogP contribution in [0.5, 0.6) is 0 Å². The number of nitrogens with zero attached hydrogens (tertiary/aromatic N) is 2. The number of ether oxygens (including phenoxy) is 1. The average Bonchev–Trinajstić information content (AvgIpc) is 2.63. The highest BCUT2D eigenvalue weighted by atomic mass is 16.6. The number of likely N-dealkylation sites (tertiary alicyclic amines) is 1. The van der Waals surface area contributed by atoms with Gasteiger partial charge in [0.25, 0.3) is 0 Å². The third kappa shape index (κ3) is 6.38. The lowest BCUT2D eigenvalue weighted by molar-refractivity contribution is -0.130. The van der Waals surface area contributed by atoms with Crippen molar-refractivity contribution in [3.05, 3.63) is 35.9 Å². The molecule has 1 aromatic carbocycles. The molecule has 1 fully saturated rings. The molecule has 1 N–H and O–H groups in total. The van der Waals surface area contributed by atoms with Crippen LogP contribution in [0.4, 0.5) is 4.79 Å². The smallest absolute Gasteiger partial charge is 0.409 e. The summed E-state index contributed by atoms with van der Waals surface area (Å²) in [7, 11) is 1.84. The van der Waals surface area contributed by atoms with Crippen molar-refractivity contribution in [3.63, 3.8) is 0 Å². The Hall–Kier alpha value is -2.08. The lowest BCUT2D eigenvalue weighted by atomic mass is 10.1. The highest BCUT2D eigenvalue weighted by Crippen LogP contribution is 2.11. The zero-order valence-corrected chi connectivity index (χ0v) is 15.2. The number of hydrogen-bond donors (Lipinski definition) is 1. The second-order valence-corrected chi connectivity index (χ2v) is 6.40. The molecule has 1 saturated heterocycles. The first kappa shape index (κ1) is 19.2. The van der Waals surface area contributed by atoms with Gasteiger partial charge in [-0.1, -0.05) is 30.3 Å². The summed E-state index contributed by atoms with van der Waals surface area (Å²) in [5.41, 5.74) is 1.14. The first-order valence-electron chi connectivity index (χ1n) is 9.03. The molecular weight excluding hydrogens is 318 g/mol. The Morgan fingerprint density at radius 1 is 1.24 bits per heavy atom. The number of nitrogens with one attached hydrogen (secondary N) is 1. The molecule has 0 radical (unpaired) electrons. The van der Waals surface area contributed by atoms with E-state index in [4.69, 9.17) is 4.74 Å². The minimum atomic E-state index is -0.223. The maximum absolute atomic E-state index is 12.2. The highest BCUT2D eigenvalue weighted by Gasteiger charge is 2.23. The highest BCUT2D eigenvalue weighted by molar-refractivity contribution is 5.76. The van der Waals surface area contributed by atoms with E-state index < -0.39 is 0 Å². The van der Waals surface area contributed by atoms with Gasteiger partial charge < -0.3 is 19.9 Å². The number of carbonyl (C=O) groups is 2. The summed E-state index contributed by atoms with van der Waals surface area (Å²) in [4.78, 5) is 27.4. The van der Waals surface area contributed by atoms with Crippen molar-refractivity contribution in [2.24, 2.45) is 0 Å². The number of carbonyl (C=O) groups excluding carboxylic acids is 2. The van der Waals surface area contributed by atoms with E-state index >= 15 is 0 Å². The Morgan fingerprint density at radius 2 is 1.92 bits per heavy atom. The Morgan fingerprint density at radius 3 is 2.56 bits per heavy atom. The molecule has 25 heavy (non-hydrogen) atoms. The van der Waals surface area contributed by atoms with Gasteiger partial charge in [0.05, 0.1) is 6.61 Å². The molecule has 0 unspecified atom stereocenters. The molecule has 0 spiro atoms.